The Hall–Kier alpha value is -1.54. The average molecular weight is 430 g/mol. The van der Waals surface area contributed by atoms with Gasteiger partial charge in [0.05, 0.1) is 29.3 Å². The maximum absolute atomic E-state index is 11.8. The van der Waals surface area contributed by atoms with Gasteiger partial charge in [0.2, 0.25) is 10.0 Å². The van der Waals surface area contributed by atoms with Crippen LogP contribution >= 0.6 is 0 Å². The number of hydrogen-bond donors (Lipinski definition) is 4. The lowest BCUT2D eigenvalue weighted by Gasteiger charge is -2.32. The number of rotatable bonds is 3. The van der Waals surface area contributed by atoms with Crippen LogP contribution in [0.4, 0.5) is 19.0 Å². The molecule has 1 fully saturated rings. The lowest BCUT2D eigenvalue weighted by Crippen LogP contribution is -2.51. The summed E-state index contributed by atoms with van der Waals surface area (Å²) in [6.45, 7) is 5.05. The molecule has 1 aromatic heterocycles. The zero-order valence-electron chi connectivity index (χ0n) is 15.6. The molecule has 13 heteroatoms. The van der Waals surface area contributed by atoms with Crippen molar-refractivity contribution in [2.45, 2.75) is 56.4 Å². The zero-order chi connectivity index (χ0) is 21.8. The third kappa shape index (κ3) is 7.13. The molecule has 5 N–H and O–H groups in total. The van der Waals surface area contributed by atoms with Crippen molar-refractivity contribution in [2.24, 2.45) is 0 Å². The minimum absolute atomic E-state index is 0.0299. The van der Waals surface area contributed by atoms with E-state index in [1.807, 2.05) is 0 Å². The first-order valence-electron chi connectivity index (χ1n) is 8.27. The molecule has 1 aliphatic heterocycles. The molecule has 0 spiro atoms. The Labute approximate surface area is 161 Å². The number of sulfonamides is 1. The van der Waals surface area contributed by atoms with Crippen molar-refractivity contribution in [3.05, 3.63) is 18.1 Å². The highest BCUT2D eigenvalue weighted by Crippen LogP contribution is 2.26. The SMILES string of the molecule is CC(C)(C)S(=O)(=O)NCC1OCCC(O)C1O.Nc1cncc(C(F)(F)F)n1. The summed E-state index contributed by atoms with van der Waals surface area (Å²) >= 11 is 0. The second-order valence-corrected chi connectivity index (χ2v) is 9.57. The van der Waals surface area contributed by atoms with Crippen molar-refractivity contribution in [2.75, 3.05) is 18.9 Å². The number of nitrogens with one attached hydrogen (secondary N) is 1. The number of aliphatic hydroxyl groups excluding tert-OH is 2. The van der Waals surface area contributed by atoms with Gasteiger partial charge in [-0.3, -0.25) is 4.98 Å². The number of nitrogens with zero attached hydrogens (tertiary/aromatic N) is 2. The number of nitrogens with two attached hydrogens (primary N) is 1. The highest BCUT2D eigenvalue weighted by Gasteiger charge is 2.35. The van der Waals surface area contributed by atoms with Gasteiger partial charge >= 0.3 is 6.18 Å². The van der Waals surface area contributed by atoms with E-state index >= 15 is 0 Å². The van der Waals surface area contributed by atoms with Crippen LogP contribution in [0.2, 0.25) is 0 Å². The van der Waals surface area contributed by atoms with Crippen LogP contribution in [-0.4, -0.2) is 64.8 Å². The largest absolute Gasteiger partial charge is 0.434 e. The molecule has 0 saturated carbocycles. The fourth-order valence-electron chi connectivity index (χ4n) is 1.96. The van der Waals surface area contributed by atoms with Crippen LogP contribution in [-0.2, 0) is 20.9 Å². The molecule has 0 bridgehead atoms. The molecular formula is C15H25F3N4O5S. The molecule has 1 aliphatic rings. The molecule has 0 aliphatic carbocycles. The van der Waals surface area contributed by atoms with Gasteiger partial charge < -0.3 is 20.7 Å². The van der Waals surface area contributed by atoms with Crippen molar-refractivity contribution < 1.29 is 36.5 Å². The first-order valence-corrected chi connectivity index (χ1v) is 9.75. The monoisotopic (exact) mass is 430 g/mol. The minimum atomic E-state index is -4.47. The van der Waals surface area contributed by atoms with Crippen molar-refractivity contribution in [1.82, 2.24) is 14.7 Å². The van der Waals surface area contributed by atoms with Gasteiger partial charge in [0.1, 0.15) is 11.9 Å². The van der Waals surface area contributed by atoms with E-state index < -0.39 is 45.0 Å². The predicted molar refractivity (Wildman–Crippen MR) is 94.5 cm³/mol. The summed E-state index contributed by atoms with van der Waals surface area (Å²) in [5.74, 6) is -0.236. The van der Waals surface area contributed by atoms with E-state index in [4.69, 9.17) is 10.5 Å². The van der Waals surface area contributed by atoms with Gasteiger partial charge in [-0.25, -0.2) is 18.1 Å². The number of alkyl halides is 3. The first-order chi connectivity index (χ1) is 12.6. The summed E-state index contributed by atoms with van der Waals surface area (Å²) in [5, 5.41) is 19.1. The molecule has 162 valence electrons. The Morgan fingerprint density at radius 1 is 1.29 bits per heavy atom. The summed E-state index contributed by atoms with van der Waals surface area (Å²) in [6, 6.07) is 0. The maximum atomic E-state index is 11.8. The van der Waals surface area contributed by atoms with Crippen LogP contribution < -0.4 is 10.5 Å². The van der Waals surface area contributed by atoms with Crippen molar-refractivity contribution in [1.29, 1.82) is 0 Å². The Balaban J connectivity index is 0.000000307. The number of aromatic nitrogens is 2. The number of aliphatic hydroxyl groups is 2. The summed E-state index contributed by atoms with van der Waals surface area (Å²) < 4.78 is 65.7. The van der Waals surface area contributed by atoms with Crippen LogP contribution in [0.15, 0.2) is 12.4 Å². The number of halogens is 3. The molecule has 3 unspecified atom stereocenters. The fourth-order valence-corrected chi connectivity index (χ4v) is 2.78. The topological polar surface area (TPSA) is 148 Å². The summed E-state index contributed by atoms with van der Waals surface area (Å²) in [7, 11) is -3.46. The van der Waals surface area contributed by atoms with Gasteiger partial charge in [-0.1, -0.05) is 0 Å². The van der Waals surface area contributed by atoms with E-state index in [1.54, 1.807) is 20.8 Å². The van der Waals surface area contributed by atoms with Gasteiger partial charge in [-0.15, -0.1) is 0 Å². The molecule has 2 rings (SSSR count). The number of nitrogen functional groups attached to an aromatic ring is 1. The molecule has 2 heterocycles. The van der Waals surface area contributed by atoms with Crippen molar-refractivity contribution >= 4 is 15.8 Å². The normalized spacial score (nSPS) is 23.6. The predicted octanol–water partition coefficient (Wildman–Crippen LogP) is 0.293. The van der Waals surface area contributed by atoms with Gasteiger partial charge in [0.25, 0.3) is 0 Å². The lowest BCUT2D eigenvalue weighted by atomic mass is 10.0. The second kappa shape index (κ2) is 9.31. The van der Waals surface area contributed by atoms with Crippen LogP contribution in [0.3, 0.4) is 0 Å². The van der Waals surface area contributed by atoms with Gasteiger partial charge in [0.15, 0.2) is 5.69 Å². The third-order valence-electron chi connectivity index (χ3n) is 3.75. The zero-order valence-corrected chi connectivity index (χ0v) is 16.5. The lowest BCUT2D eigenvalue weighted by molar-refractivity contribution is -0.141. The quantitative estimate of drug-likeness (QED) is 0.535. The highest BCUT2D eigenvalue weighted by molar-refractivity contribution is 7.90. The molecule has 0 amide bonds. The molecule has 3 atom stereocenters. The first kappa shape index (κ1) is 24.5. The number of hydrogen-bond acceptors (Lipinski definition) is 8. The smallest absolute Gasteiger partial charge is 0.390 e. The molecule has 28 heavy (non-hydrogen) atoms. The van der Waals surface area contributed by atoms with Crippen LogP contribution in [0.25, 0.3) is 0 Å². The number of ether oxygens (including phenoxy) is 1. The van der Waals surface area contributed by atoms with E-state index in [0.29, 0.717) is 19.2 Å². The number of anilines is 1. The maximum Gasteiger partial charge on any atom is 0.434 e. The second-order valence-electron chi connectivity index (χ2n) is 7.05. The molecule has 1 aromatic rings. The van der Waals surface area contributed by atoms with E-state index in [0.717, 1.165) is 6.20 Å². The van der Waals surface area contributed by atoms with Gasteiger partial charge in [-0.05, 0) is 27.2 Å². The van der Waals surface area contributed by atoms with E-state index in [9.17, 15) is 31.8 Å². The third-order valence-corrected chi connectivity index (χ3v) is 5.90. The van der Waals surface area contributed by atoms with Gasteiger partial charge in [-0.2, -0.15) is 13.2 Å². The average Bonchev–Trinajstić information content (AvgIpc) is 2.55. The van der Waals surface area contributed by atoms with Crippen LogP contribution in [0.5, 0.6) is 0 Å². The van der Waals surface area contributed by atoms with E-state index in [-0.39, 0.29) is 12.4 Å². The van der Waals surface area contributed by atoms with Crippen molar-refractivity contribution in [3.8, 4) is 0 Å². The Morgan fingerprint density at radius 2 is 1.89 bits per heavy atom. The Bertz CT molecular complexity index is 740. The fraction of sp³-hybridized carbons (Fsp3) is 0.733. The molecule has 9 nitrogen and oxygen atoms in total. The van der Waals surface area contributed by atoms with Crippen molar-refractivity contribution in [3.63, 3.8) is 0 Å². The standard InChI is InChI=1S/C10H21NO5S.C5H4F3N3/c1-10(2,3)17(14,15)11-6-8-9(13)7(12)4-5-16-8;6-5(7,8)3-1-10-2-4(9)11-3/h7-9,11-13H,4-6H2,1-3H3;1-2H,(H2,9,11). The van der Waals surface area contributed by atoms with E-state index in [1.165, 1.54) is 0 Å². The van der Waals surface area contributed by atoms with Crippen LogP contribution in [0, 0.1) is 0 Å². The minimum Gasteiger partial charge on any atom is -0.390 e. The summed E-state index contributed by atoms with van der Waals surface area (Å²) in [5.41, 5.74) is 3.91. The molecule has 1 saturated heterocycles. The van der Waals surface area contributed by atoms with E-state index in [2.05, 4.69) is 14.7 Å². The summed E-state index contributed by atoms with van der Waals surface area (Å²) in [4.78, 5) is 6.28. The summed E-state index contributed by atoms with van der Waals surface area (Å²) in [6.07, 6.45) is -5.03. The highest BCUT2D eigenvalue weighted by atomic mass is 32.2. The Kier molecular flexibility index (Phi) is 8.14. The molecule has 0 radical (unpaired) electrons. The molecular weight excluding hydrogens is 405 g/mol. The van der Waals surface area contributed by atoms with Gasteiger partial charge in [0, 0.05) is 13.2 Å². The van der Waals surface area contributed by atoms with Crippen LogP contribution in [0.1, 0.15) is 32.9 Å². The molecule has 0 aromatic carbocycles. The Morgan fingerprint density at radius 3 is 2.36 bits per heavy atom.